The number of nitroso groups, excluding NO2 is 1. The molecule has 0 aromatic carbocycles. The van der Waals surface area contributed by atoms with E-state index in [9.17, 15) is 9.70 Å². The number of anilines is 1. The number of hydrogen-bond acceptors (Lipinski definition) is 7. The van der Waals surface area contributed by atoms with Crippen molar-refractivity contribution >= 4 is 23.1 Å². The van der Waals surface area contributed by atoms with Crippen LogP contribution < -0.4 is 4.90 Å². The van der Waals surface area contributed by atoms with Crippen LogP contribution in [-0.2, 0) is 4.79 Å². The third-order valence-corrected chi connectivity index (χ3v) is 4.84. The Kier molecular flexibility index (Phi) is 4.61. The van der Waals surface area contributed by atoms with Crippen molar-refractivity contribution in [2.24, 2.45) is 11.1 Å². The third kappa shape index (κ3) is 3.03. The molecule has 2 atom stereocenters. The van der Waals surface area contributed by atoms with Gasteiger partial charge in [0.15, 0.2) is 11.6 Å². The van der Waals surface area contributed by atoms with Crippen LogP contribution in [0, 0.1) is 22.2 Å². The first kappa shape index (κ1) is 16.8. The minimum Gasteiger partial charge on any atom is -0.353 e. The first-order valence-electron chi connectivity index (χ1n) is 8.10. The molecule has 3 rings (SSSR count). The van der Waals surface area contributed by atoms with Crippen LogP contribution in [0.5, 0.6) is 0 Å². The lowest BCUT2D eigenvalue weighted by atomic mass is 9.92. The van der Waals surface area contributed by atoms with E-state index in [1.807, 2.05) is 18.0 Å². The highest BCUT2D eigenvalue weighted by Gasteiger charge is 2.32. The zero-order valence-corrected chi connectivity index (χ0v) is 14.2. The molecule has 0 aliphatic carbocycles. The number of hydrogen-bond donors (Lipinski definition) is 0. The largest absolute Gasteiger partial charge is 0.353 e. The monoisotopic (exact) mass is 341 g/mol. The number of piperidine rings is 1. The molecule has 0 radical (unpaired) electrons. The van der Waals surface area contributed by atoms with Crippen LogP contribution in [0.3, 0.4) is 0 Å². The van der Waals surface area contributed by atoms with E-state index in [2.05, 4.69) is 22.2 Å². The van der Waals surface area contributed by atoms with Gasteiger partial charge < -0.3 is 9.80 Å². The number of aromatic nitrogens is 3. The molecule has 2 aromatic heterocycles. The van der Waals surface area contributed by atoms with E-state index in [-0.39, 0.29) is 24.2 Å². The quantitative estimate of drug-likeness (QED) is 0.784. The van der Waals surface area contributed by atoms with E-state index >= 15 is 0 Å². The minimum atomic E-state index is -0.143. The van der Waals surface area contributed by atoms with Crippen LogP contribution in [0.25, 0.3) is 5.52 Å². The molecule has 1 amide bonds. The number of rotatable bonds is 4. The summed E-state index contributed by atoms with van der Waals surface area (Å²) in [6, 6.07) is 5.33. The minimum absolute atomic E-state index is 0.0534. The first-order valence-corrected chi connectivity index (χ1v) is 8.10. The maximum atomic E-state index is 12.1. The van der Waals surface area contributed by atoms with Crippen LogP contribution in [0.15, 0.2) is 23.6 Å². The van der Waals surface area contributed by atoms with Crippen molar-refractivity contribution in [2.75, 3.05) is 25.0 Å². The summed E-state index contributed by atoms with van der Waals surface area (Å²) in [5, 5.41) is 15.8. The van der Waals surface area contributed by atoms with Gasteiger partial charge in [-0.3, -0.25) is 4.79 Å². The lowest BCUT2D eigenvalue weighted by molar-refractivity contribution is -0.131. The molecule has 1 aliphatic heterocycles. The molecular weight excluding hydrogens is 322 g/mol. The standard InChI is InChI=1S/C16H19N7O2/c1-11-6-8-22(15(24)5-7-17)9-13(11)21(2)16-12-3-4-14(20-25)23(12)19-10-18-16/h3-4,10-11,13H,5-6,8-9H2,1-2H3/t11-,13+/m1/s1. The van der Waals surface area contributed by atoms with E-state index in [4.69, 9.17) is 5.26 Å². The van der Waals surface area contributed by atoms with Crippen molar-refractivity contribution in [2.45, 2.75) is 25.8 Å². The Bertz CT molecular complexity index is 841. The highest BCUT2D eigenvalue weighted by molar-refractivity contribution is 5.78. The van der Waals surface area contributed by atoms with Crippen LogP contribution in [0.2, 0.25) is 0 Å². The molecule has 25 heavy (non-hydrogen) atoms. The summed E-state index contributed by atoms with van der Waals surface area (Å²) in [6.45, 7) is 3.34. The number of carbonyl (C=O) groups is 1. The van der Waals surface area contributed by atoms with E-state index in [1.165, 1.54) is 10.8 Å². The summed E-state index contributed by atoms with van der Waals surface area (Å²) in [7, 11) is 1.92. The van der Waals surface area contributed by atoms with Crippen molar-refractivity contribution < 1.29 is 4.79 Å². The zero-order chi connectivity index (χ0) is 18.0. The van der Waals surface area contributed by atoms with Crippen LogP contribution in [0.1, 0.15) is 19.8 Å². The normalized spacial score (nSPS) is 20.3. The molecule has 0 spiro atoms. The van der Waals surface area contributed by atoms with Gasteiger partial charge in [-0.25, -0.2) is 9.50 Å². The van der Waals surface area contributed by atoms with Crippen LogP contribution in [0.4, 0.5) is 11.6 Å². The first-order chi connectivity index (χ1) is 12.1. The number of likely N-dealkylation sites (N-methyl/N-ethyl adjacent to an activating group) is 1. The molecule has 0 N–H and O–H groups in total. The van der Waals surface area contributed by atoms with Crippen molar-refractivity contribution in [3.05, 3.63) is 23.4 Å². The van der Waals surface area contributed by atoms with Gasteiger partial charge in [0.25, 0.3) is 0 Å². The molecular formula is C16H19N7O2. The lowest BCUT2D eigenvalue weighted by Crippen LogP contribution is -2.52. The smallest absolute Gasteiger partial charge is 0.236 e. The van der Waals surface area contributed by atoms with Crippen LogP contribution >= 0.6 is 0 Å². The van der Waals surface area contributed by atoms with Gasteiger partial charge in [0.1, 0.15) is 18.3 Å². The van der Waals surface area contributed by atoms with Gasteiger partial charge in [-0.05, 0) is 29.6 Å². The van der Waals surface area contributed by atoms with Gasteiger partial charge in [0.05, 0.1) is 12.1 Å². The molecule has 2 aromatic rings. The predicted octanol–water partition coefficient (Wildman–Crippen LogP) is 1.71. The van der Waals surface area contributed by atoms with Gasteiger partial charge in [-0.1, -0.05) is 6.92 Å². The number of nitrogens with zero attached hydrogens (tertiary/aromatic N) is 7. The molecule has 1 fully saturated rings. The van der Waals surface area contributed by atoms with Crippen molar-refractivity contribution in [1.29, 1.82) is 5.26 Å². The maximum Gasteiger partial charge on any atom is 0.236 e. The van der Waals surface area contributed by atoms with Gasteiger partial charge in [0, 0.05) is 20.1 Å². The van der Waals surface area contributed by atoms with Gasteiger partial charge in [-0.15, -0.1) is 4.91 Å². The topological polar surface area (TPSA) is 107 Å². The van der Waals surface area contributed by atoms with Gasteiger partial charge in [-0.2, -0.15) is 10.4 Å². The van der Waals surface area contributed by atoms with E-state index in [0.717, 1.165) is 6.42 Å². The van der Waals surface area contributed by atoms with Gasteiger partial charge >= 0.3 is 0 Å². The third-order valence-electron chi connectivity index (χ3n) is 4.84. The molecule has 0 saturated carbocycles. The Hall–Kier alpha value is -3.02. The number of nitriles is 1. The van der Waals surface area contributed by atoms with Crippen LogP contribution in [-0.4, -0.2) is 51.6 Å². The highest BCUT2D eigenvalue weighted by Crippen LogP contribution is 2.29. The maximum absolute atomic E-state index is 12.1. The lowest BCUT2D eigenvalue weighted by Gasteiger charge is -2.42. The molecule has 0 unspecified atom stereocenters. The SMILES string of the molecule is C[C@@H]1CCN(C(=O)CC#N)C[C@@H]1N(C)c1ncnn2c(N=O)ccc12. The Labute approximate surface area is 144 Å². The number of likely N-dealkylation sites (tertiary alicyclic amines) is 1. The number of fused-ring (bicyclic) bond motifs is 1. The summed E-state index contributed by atoms with van der Waals surface area (Å²) in [6.07, 6.45) is 2.14. The Morgan fingerprint density at radius 1 is 1.52 bits per heavy atom. The zero-order valence-electron chi connectivity index (χ0n) is 14.2. The summed E-state index contributed by atoms with van der Waals surface area (Å²) in [5.74, 6) is 1.10. The predicted molar refractivity (Wildman–Crippen MR) is 91.2 cm³/mol. The number of amides is 1. The van der Waals surface area contributed by atoms with E-state index in [0.29, 0.717) is 30.3 Å². The van der Waals surface area contributed by atoms with Crippen molar-refractivity contribution in [3.8, 4) is 6.07 Å². The average Bonchev–Trinajstić information content (AvgIpc) is 3.05. The molecule has 130 valence electrons. The molecule has 9 nitrogen and oxygen atoms in total. The Morgan fingerprint density at radius 3 is 3.04 bits per heavy atom. The fourth-order valence-corrected chi connectivity index (χ4v) is 3.36. The fourth-order valence-electron chi connectivity index (χ4n) is 3.36. The molecule has 1 aliphatic rings. The fraction of sp³-hybridized carbons (Fsp3) is 0.500. The second-order valence-corrected chi connectivity index (χ2v) is 6.28. The van der Waals surface area contributed by atoms with Gasteiger partial charge in [0.2, 0.25) is 5.91 Å². The molecule has 3 heterocycles. The summed E-state index contributed by atoms with van der Waals surface area (Å²) >= 11 is 0. The molecule has 1 saturated heterocycles. The molecule has 9 heteroatoms. The Balaban J connectivity index is 1.90. The highest BCUT2D eigenvalue weighted by atomic mass is 16.3. The molecule has 0 bridgehead atoms. The van der Waals surface area contributed by atoms with Crippen molar-refractivity contribution in [3.63, 3.8) is 0 Å². The Morgan fingerprint density at radius 2 is 2.32 bits per heavy atom. The van der Waals surface area contributed by atoms with Crippen molar-refractivity contribution in [1.82, 2.24) is 19.5 Å². The summed E-state index contributed by atoms with van der Waals surface area (Å²) in [5.41, 5.74) is 0.687. The summed E-state index contributed by atoms with van der Waals surface area (Å²) < 4.78 is 1.46. The van der Waals surface area contributed by atoms with E-state index in [1.54, 1.807) is 17.0 Å². The second kappa shape index (κ2) is 6.84. The van der Waals surface area contributed by atoms with E-state index < -0.39 is 0 Å². The average molecular weight is 341 g/mol. The second-order valence-electron chi connectivity index (χ2n) is 6.28. The summed E-state index contributed by atoms with van der Waals surface area (Å²) in [4.78, 5) is 31.1. The number of carbonyl (C=O) groups excluding carboxylic acids is 1.